The minimum atomic E-state index is -0.0221. The van der Waals surface area contributed by atoms with Crippen LogP contribution in [0, 0.1) is 12.8 Å². The number of amides is 1. The molecule has 0 spiro atoms. The lowest BCUT2D eigenvalue weighted by Gasteiger charge is -2.39. The normalized spacial score (nSPS) is 25.3. The summed E-state index contributed by atoms with van der Waals surface area (Å²) in [6, 6.07) is 5.87. The molecule has 1 amide bonds. The second-order valence-electron chi connectivity index (χ2n) is 8.28. The van der Waals surface area contributed by atoms with Crippen molar-refractivity contribution in [3.8, 4) is 5.75 Å². The van der Waals surface area contributed by atoms with E-state index in [2.05, 4.69) is 4.90 Å². The fourth-order valence-corrected chi connectivity index (χ4v) is 4.50. The van der Waals surface area contributed by atoms with E-state index in [-0.39, 0.29) is 24.0 Å². The van der Waals surface area contributed by atoms with Gasteiger partial charge in [0.25, 0.3) is 0 Å². The minimum Gasteiger partial charge on any atom is -0.497 e. The van der Waals surface area contributed by atoms with Gasteiger partial charge in [0.05, 0.1) is 36.4 Å². The number of piperidine rings is 1. The fourth-order valence-electron chi connectivity index (χ4n) is 4.50. The average Bonchev–Trinajstić information content (AvgIpc) is 2.72. The Kier molecular flexibility index (Phi) is 5.58. The zero-order valence-electron chi connectivity index (χ0n) is 17.7. The van der Waals surface area contributed by atoms with Crippen LogP contribution in [0.25, 0.3) is 10.9 Å². The second-order valence-corrected chi connectivity index (χ2v) is 8.28. The van der Waals surface area contributed by atoms with Crippen LogP contribution in [-0.2, 0) is 9.53 Å². The van der Waals surface area contributed by atoms with Gasteiger partial charge in [0.15, 0.2) is 0 Å². The lowest BCUT2D eigenvalue weighted by Crippen LogP contribution is -2.52. The van der Waals surface area contributed by atoms with Crippen LogP contribution in [0.5, 0.6) is 5.75 Å². The number of carbonyl (C=O) groups is 1. The van der Waals surface area contributed by atoms with E-state index in [9.17, 15) is 4.79 Å². The van der Waals surface area contributed by atoms with Gasteiger partial charge in [0, 0.05) is 37.6 Å². The highest BCUT2D eigenvalue weighted by atomic mass is 16.5. The minimum absolute atomic E-state index is 0.0221. The fraction of sp³-hybridized carbons (Fsp3) is 0.591. The highest BCUT2D eigenvalue weighted by Gasteiger charge is 2.33. The number of carbonyl (C=O) groups excluding carboxylic acids is 1. The molecule has 3 atom stereocenters. The molecule has 0 saturated carbocycles. The molecular weight excluding hydrogens is 368 g/mol. The standard InChI is InChI=1S/C22H30N4O3/c1-14-11-26(12-15(2)29-14)21(27)17-6-5-9-25(13-17)22-23-16(3)19-8-7-18(28-4)10-20(19)24-22/h7-8,10,14-15,17H,5-6,9,11-13H2,1-4H3/t14-,15+,17?. The summed E-state index contributed by atoms with van der Waals surface area (Å²) in [5.41, 5.74) is 1.81. The Hall–Kier alpha value is -2.41. The summed E-state index contributed by atoms with van der Waals surface area (Å²) in [5, 5.41) is 1.02. The first-order chi connectivity index (χ1) is 13.9. The molecule has 29 heavy (non-hydrogen) atoms. The van der Waals surface area contributed by atoms with Gasteiger partial charge in [-0.25, -0.2) is 9.97 Å². The van der Waals surface area contributed by atoms with Crippen molar-refractivity contribution in [2.75, 3.05) is 38.2 Å². The van der Waals surface area contributed by atoms with Crippen molar-refractivity contribution in [3.63, 3.8) is 0 Å². The molecule has 7 nitrogen and oxygen atoms in total. The smallest absolute Gasteiger partial charge is 0.227 e. The van der Waals surface area contributed by atoms with Gasteiger partial charge in [-0.2, -0.15) is 0 Å². The van der Waals surface area contributed by atoms with Crippen molar-refractivity contribution in [3.05, 3.63) is 23.9 Å². The summed E-state index contributed by atoms with van der Waals surface area (Å²) in [4.78, 5) is 26.8. The van der Waals surface area contributed by atoms with E-state index in [0.29, 0.717) is 25.6 Å². The molecule has 2 aromatic rings. The summed E-state index contributed by atoms with van der Waals surface area (Å²) in [5.74, 6) is 1.69. The van der Waals surface area contributed by atoms with Crippen LogP contribution in [0.15, 0.2) is 18.2 Å². The first-order valence-corrected chi connectivity index (χ1v) is 10.5. The van der Waals surface area contributed by atoms with E-state index in [0.717, 1.165) is 41.7 Å². The highest BCUT2D eigenvalue weighted by Crippen LogP contribution is 2.27. The largest absolute Gasteiger partial charge is 0.497 e. The number of aromatic nitrogens is 2. The van der Waals surface area contributed by atoms with Crippen LogP contribution in [0.3, 0.4) is 0 Å². The summed E-state index contributed by atoms with van der Waals surface area (Å²) in [6.45, 7) is 8.94. The van der Waals surface area contributed by atoms with Gasteiger partial charge in [-0.3, -0.25) is 4.79 Å². The molecule has 1 aromatic heterocycles. The van der Waals surface area contributed by atoms with E-state index < -0.39 is 0 Å². The molecular formula is C22H30N4O3. The van der Waals surface area contributed by atoms with Gasteiger partial charge >= 0.3 is 0 Å². The Morgan fingerprint density at radius 2 is 1.93 bits per heavy atom. The van der Waals surface area contributed by atoms with E-state index >= 15 is 0 Å². The monoisotopic (exact) mass is 398 g/mol. The van der Waals surface area contributed by atoms with Crippen LogP contribution >= 0.6 is 0 Å². The quantitative estimate of drug-likeness (QED) is 0.792. The number of hydrogen-bond donors (Lipinski definition) is 0. The SMILES string of the molecule is COc1ccc2c(C)nc(N3CCCC(C(=O)N4C[C@@H](C)O[C@@H](C)C4)C3)nc2c1. The molecule has 156 valence electrons. The molecule has 1 aromatic carbocycles. The van der Waals surface area contributed by atoms with Crippen LogP contribution < -0.4 is 9.64 Å². The maximum Gasteiger partial charge on any atom is 0.227 e. The van der Waals surface area contributed by atoms with Crippen molar-refractivity contribution < 1.29 is 14.3 Å². The molecule has 2 saturated heterocycles. The number of rotatable bonds is 3. The van der Waals surface area contributed by atoms with E-state index in [1.54, 1.807) is 7.11 Å². The molecule has 2 fully saturated rings. The number of aryl methyl sites for hydroxylation is 1. The Morgan fingerprint density at radius 3 is 2.66 bits per heavy atom. The lowest BCUT2D eigenvalue weighted by atomic mass is 9.96. The second kappa shape index (κ2) is 8.14. The van der Waals surface area contributed by atoms with E-state index in [1.165, 1.54) is 0 Å². The molecule has 0 radical (unpaired) electrons. The maximum atomic E-state index is 13.2. The van der Waals surface area contributed by atoms with Crippen molar-refractivity contribution in [1.82, 2.24) is 14.9 Å². The lowest BCUT2D eigenvalue weighted by molar-refractivity contribution is -0.147. The van der Waals surface area contributed by atoms with Gasteiger partial charge in [0.1, 0.15) is 5.75 Å². The van der Waals surface area contributed by atoms with Crippen molar-refractivity contribution >= 4 is 22.8 Å². The topological polar surface area (TPSA) is 67.8 Å². The Bertz CT molecular complexity index is 893. The highest BCUT2D eigenvalue weighted by molar-refractivity contribution is 5.83. The third kappa shape index (κ3) is 4.15. The number of hydrogen-bond acceptors (Lipinski definition) is 6. The summed E-state index contributed by atoms with van der Waals surface area (Å²) < 4.78 is 11.1. The third-order valence-corrected chi connectivity index (χ3v) is 5.87. The average molecular weight is 399 g/mol. The molecule has 0 aliphatic carbocycles. The van der Waals surface area contributed by atoms with E-state index in [1.807, 2.05) is 43.9 Å². The Balaban J connectivity index is 1.54. The van der Waals surface area contributed by atoms with Gasteiger partial charge in [-0.15, -0.1) is 0 Å². The molecule has 1 unspecified atom stereocenters. The summed E-state index contributed by atoms with van der Waals surface area (Å²) in [6.07, 6.45) is 2.05. The number of nitrogens with zero attached hydrogens (tertiary/aromatic N) is 4. The van der Waals surface area contributed by atoms with Crippen LogP contribution in [-0.4, -0.2) is 66.3 Å². The van der Waals surface area contributed by atoms with Crippen molar-refractivity contribution in [1.29, 1.82) is 0 Å². The van der Waals surface area contributed by atoms with Gasteiger partial charge in [-0.05, 0) is 45.7 Å². The number of benzene rings is 1. The predicted octanol–water partition coefficient (Wildman–Crippen LogP) is 2.80. The maximum absolute atomic E-state index is 13.2. The molecule has 0 N–H and O–H groups in total. The zero-order chi connectivity index (χ0) is 20.5. The van der Waals surface area contributed by atoms with Gasteiger partial charge < -0.3 is 19.3 Å². The van der Waals surface area contributed by atoms with Crippen LogP contribution in [0.4, 0.5) is 5.95 Å². The van der Waals surface area contributed by atoms with Crippen LogP contribution in [0.1, 0.15) is 32.4 Å². The molecule has 2 aliphatic rings. The Labute approximate surface area is 172 Å². The van der Waals surface area contributed by atoms with Gasteiger partial charge in [-0.1, -0.05) is 0 Å². The van der Waals surface area contributed by atoms with Crippen molar-refractivity contribution in [2.45, 2.75) is 45.8 Å². The number of morpholine rings is 1. The molecule has 4 rings (SSSR count). The molecule has 0 bridgehead atoms. The summed E-state index contributed by atoms with van der Waals surface area (Å²) >= 11 is 0. The number of anilines is 1. The predicted molar refractivity (Wildman–Crippen MR) is 112 cm³/mol. The van der Waals surface area contributed by atoms with Gasteiger partial charge in [0.2, 0.25) is 11.9 Å². The van der Waals surface area contributed by atoms with E-state index in [4.69, 9.17) is 19.4 Å². The number of methoxy groups -OCH3 is 1. The number of ether oxygens (including phenoxy) is 2. The zero-order valence-corrected chi connectivity index (χ0v) is 17.7. The number of fused-ring (bicyclic) bond motifs is 1. The molecule has 3 heterocycles. The molecule has 2 aliphatic heterocycles. The third-order valence-electron chi connectivity index (χ3n) is 5.87. The Morgan fingerprint density at radius 1 is 1.17 bits per heavy atom. The first-order valence-electron chi connectivity index (χ1n) is 10.5. The van der Waals surface area contributed by atoms with Crippen LogP contribution in [0.2, 0.25) is 0 Å². The first kappa shape index (κ1) is 19.9. The van der Waals surface area contributed by atoms with Crippen molar-refractivity contribution in [2.24, 2.45) is 5.92 Å². The summed E-state index contributed by atoms with van der Waals surface area (Å²) in [7, 11) is 1.66. The molecule has 7 heteroatoms.